The first-order valence-electron chi connectivity index (χ1n) is 13.5. The molecule has 0 radical (unpaired) electrons. The molecule has 32 heavy (non-hydrogen) atoms. The summed E-state index contributed by atoms with van der Waals surface area (Å²) in [5, 5.41) is 0. The molecule has 0 unspecified atom stereocenters. The van der Waals surface area contributed by atoms with Gasteiger partial charge in [0, 0.05) is 6.07 Å². The van der Waals surface area contributed by atoms with E-state index in [4.69, 9.17) is 9.47 Å². The fraction of sp³-hybridized carbons (Fsp3) is 0.786. The van der Waals surface area contributed by atoms with Gasteiger partial charge in [-0.2, -0.15) is 0 Å². The Morgan fingerprint density at radius 3 is 2.00 bits per heavy atom. The maximum atomic E-state index is 12.6. The van der Waals surface area contributed by atoms with E-state index in [1.54, 1.807) is 18.3 Å². The van der Waals surface area contributed by atoms with Crippen molar-refractivity contribution in [3.8, 4) is 11.6 Å². The average Bonchev–Trinajstić information content (AvgIpc) is 2.83. The molecule has 4 nitrogen and oxygen atoms in total. The zero-order chi connectivity index (χ0) is 22.6. The molecule has 180 valence electrons. The van der Waals surface area contributed by atoms with E-state index < -0.39 is 0 Å². The van der Waals surface area contributed by atoms with E-state index in [0.717, 1.165) is 43.4 Å². The molecule has 2 aliphatic rings. The molecule has 1 aromatic heterocycles. The van der Waals surface area contributed by atoms with Crippen molar-refractivity contribution in [2.24, 2.45) is 23.7 Å². The quantitative estimate of drug-likeness (QED) is 0.245. The van der Waals surface area contributed by atoms with Crippen LogP contribution >= 0.6 is 0 Å². The second-order valence-electron chi connectivity index (χ2n) is 10.3. The van der Waals surface area contributed by atoms with Gasteiger partial charge in [0.1, 0.15) is 5.75 Å². The van der Waals surface area contributed by atoms with E-state index in [-0.39, 0.29) is 11.9 Å². The Kier molecular flexibility index (Phi) is 10.8. The number of pyridine rings is 1. The first-order valence-corrected chi connectivity index (χ1v) is 13.5. The van der Waals surface area contributed by atoms with Gasteiger partial charge in [0.15, 0.2) is 0 Å². The number of carbonyl (C=O) groups is 1. The van der Waals surface area contributed by atoms with E-state index in [0.29, 0.717) is 18.2 Å². The van der Waals surface area contributed by atoms with Crippen molar-refractivity contribution in [2.45, 2.75) is 110 Å². The summed E-state index contributed by atoms with van der Waals surface area (Å²) in [6.07, 6.45) is 20.8. The topological polar surface area (TPSA) is 48.4 Å². The molecule has 2 saturated carbocycles. The van der Waals surface area contributed by atoms with E-state index in [1.165, 1.54) is 70.6 Å². The number of aromatic nitrogens is 1. The smallest absolute Gasteiger partial charge is 0.314 e. The Bertz CT molecular complexity index is 643. The molecular weight excluding hydrogens is 398 g/mol. The molecule has 0 N–H and O–H groups in total. The van der Waals surface area contributed by atoms with Gasteiger partial charge in [-0.25, -0.2) is 4.98 Å². The van der Waals surface area contributed by atoms with Gasteiger partial charge in [0.2, 0.25) is 5.88 Å². The number of esters is 1. The number of hydrogen-bond acceptors (Lipinski definition) is 4. The Morgan fingerprint density at radius 2 is 1.44 bits per heavy atom. The van der Waals surface area contributed by atoms with E-state index >= 15 is 0 Å². The van der Waals surface area contributed by atoms with Crippen molar-refractivity contribution >= 4 is 5.97 Å². The number of carbonyl (C=O) groups excluding carboxylic acids is 1. The molecular formula is C28H45NO3. The lowest BCUT2D eigenvalue weighted by Crippen LogP contribution is -2.26. The molecule has 1 aromatic rings. The maximum Gasteiger partial charge on any atom is 0.314 e. The van der Waals surface area contributed by atoms with Crippen LogP contribution in [0.4, 0.5) is 0 Å². The molecule has 0 amide bonds. The Labute approximate surface area is 195 Å². The van der Waals surface area contributed by atoms with Crippen molar-refractivity contribution in [3.05, 3.63) is 18.3 Å². The zero-order valence-electron chi connectivity index (χ0n) is 20.5. The molecule has 0 aromatic carbocycles. The fourth-order valence-corrected chi connectivity index (χ4v) is 5.49. The van der Waals surface area contributed by atoms with Gasteiger partial charge < -0.3 is 9.47 Å². The summed E-state index contributed by atoms with van der Waals surface area (Å²) in [7, 11) is 0. The molecule has 4 heteroatoms. The van der Waals surface area contributed by atoms with Gasteiger partial charge in [0.25, 0.3) is 0 Å². The Hall–Kier alpha value is -1.58. The first-order chi connectivity index (χ1) is 15.7. The van der Waals surface area contributed by atoms with Crippen LogP contribution in [0.15, 0.2) is 18.3 Å². The highest BCUT2D eigenvalue weighted by molar-refractivity contribution is 5.75. The minimum absolute atomic E-state index is 0.0423. The summed E-state index contributed by atoms with van der Waals surface area (Å²) in [5.41, 5.74) is 0. The van der Waals surface area contributed by atoms with Gasteiger partial charge in [-0.05, 0) is 55.9 Å². The minimum Gasteiger partial charge on any atom is -0.478 e. The molecule has 0 spiro atoms. The molecule has 0 saturated heterocycles. The zero-order valence-corrected chi connectivity index (χ0v) is 20.5. The maximum absolute atomic E-state index is 12.6. The predicted octanol–water partition coefficient (Wildman–Crippen LogP) is 7.75. The van der Waals surface area contributed by atoms with E-state index in [1.807, 2.05) is 0 Å². The summed E-state index contributed by atoms with van der Waals surface area (Å²) < 4.78 is 11.2. The van der Waals surface area contributed by atoms with Crippen molar-refractivity contribution in [2.75, 3.05) is 6.61 Å². The Morgan fingerprint density at radius 1 is 0.844 bits per heavy atom. The van der Waals surface area contributed by atoms with Gasteiger partial charge >= 0.3 is 5.97 Å². The van der Waals surface area contributed by atoms with E-state index in [2.05, 4.69) is 18.8 Å². The van der Waals surface area contributed by atoms with Crippen molar-refractivity contribution in [1.82, 2.24) is 4.98 Å². The average molecular weight is 444 g/mol. The standard InChI is InChI=1S/C28H45NO3/c1-3-5-7-22-8-10-23(11-9-22)12-13-24-14-16-25(17-15-24)28(30)32-26-18-19-27(29-21-26)31-20-6-4-2/h18-19,21-25H,3-17,20H2,1-2H3/t22-,23-,24-,25-. The number of ether oxygens (including phenoxy) is 2. The normalized spacial score (nSPS) is 25.9. The van der Waals surface area contributed by atoms with Crippen molar-refractivity contribution < 1.29 is 14.3 Å². The van der Waals surface area contributed by atoms with E-state index in [9.17, 15) is 4.79 Å². The molecule has 2 aliphatic carbocycles. The van der Waals surface area contributed by atoms with Crippen molar-refractivity contribution in [3.63, 3.8) is 0 Å². The third-order valence-corrected chi connectivity index (χ3v) is 7.77. The Balaban J connectivity index is 1.30. The summed E-state index contributed by atoms with van der Waals surface area (Å²) in [6, 6.07) is 3.57. The summed E-state index contributed by atoms with van der Waals surface area (Å²) >= 11 is 0. The van der Waals surface area contributed by atoms with Gasteiger partial charge in [-0.3, -0.25) is 4.79 Å². The second-order valence-corrected chi connectivity index (χ2v) is 10.3. The lowest BCUT2D eigenvalue weighted by molar-refractivity contribution is -0.140. The molecule has 3 rings (SSSR count). The summed E-state index contributed by atoms with van der Waals surface area (Å²) in [6.45, 7) is 5.11. The lowest BCUT2D eigenvalue weighted by Gasteiger charge is -2.31. The number of nitrogens with zero attached hydrogens (tertiary/aromatic N) is 1. The van der Waals surface area contributed by atoms with Crippen LogP contribution in [0.2, 0.25) is 0 Å². The molecule has 2 fully saturated rings. The monoisotopic (exact) mass is 443 g/mol. The van der Waals surface area contributed by atoms with Crippen molar-refractivity contribution in [1.29, 1.82) is 0 Å². The molecule has 0 bridgehead atoms. The number of rotatable bonds is 12. The largest absolute Gasteiger partial charge is 0.478 e. The number of hydrogen-bond donors (Lipinski definition) is 0. The summed E-state index contributed by atoms with van der Waals surface area (Å²) in [5.74, 6) is 3.83. The summed E-state index contributed by atoms with van der Waals surface area (Å²) in [4.78, 5) is 16.8. The van der Waals surface area contributed by atoms with Crippen LogP contribution in [0.3, 0.4) is 0 Å². The first kappa shape index (κ1) is 25.1. The van der Waals surface area contributed by atoms with Crippen LogP contribution in [-0.4, -0.2) is 17.6 Å². The molecule has 1 heterocycles. The predicted molar refractivity (Wildman–Crippen MR) is 130 cm³/mol. The van der Waals surface area contributed by atoms with Crippen LogP contribution < -0.4 is 9.47 Å². The minimum atomic E-state index is -0.0877. The van der Waals surface area contributed by atoms with Gasteiger partial charge in [0.05, 0.1) is 18.7 Å². The highest BCUT2D eigenvalue weighted by Gasteiger charge is 2.29. The van der Waals surface area contributed by atoms with Gasteiger partial charge in [-0.1, -0.05) is 78.1 Å². The number of unbranched alkanes of at least 4 members (excludes halogenated alkanes) is 2. The van der Waals surface area contributed by atoms with Crippen LogP contribution in [0.5, 0.6) is 11.6 Å². The van der Waals surface area contributed by atoms with Crippen LogP contribution in [0, 0.1) is 23.7 Å². The second kappa shape index (κ2) is 13.9. The fourth-order valence-electron chi connectivity index (χ4n) is 5.49. The highest BCUT2D eigenvalue weighted by atomic mass is 16.5. The molecule has 0 aliphatic heterocycles. The third-order valence-electron chi connectivity index (χ3n) is 7.77. The van der Waals surface area contributed by atoms with Gasteiger partial charge in [-0.15, -0.1) is 0 Å². The molecule has 0 atom stereocenters. The van der Waals surface area contributed by atoms with Crippen LogP contribution in [0.1, 0.15) is 110 Å². The van der Waals surface area contributed by atoms with Crippen LogP contribution in [0.25, 0.3) is 0 Å². The highest BCUT2D eigenvalue weighted by Crippen LogP contribution is 2.38. The third kappa shape index (κ3) is 8.41. The lowest BCUT2D eigenvalue weighted by atomic mass is 9.75. The SMILES string of the molecule is CCCCOc1ccc(OC(=O)[C@H]2CC[C@H](CC[C@H]3CC[C@H](CCCC)CC3)CC2)cn1. The van der Waals surface area contributed by atoms with Crippen LogP contribution in [-0.2, 0) is 4.79 Å².